The normalized spacial score (nSPS) is 17.9. The summed E-state index contributed by atoms with van der Waals surface area (Å²) in [4.78, 5) is 9.77. The first-order valence-electron chi connectivity index (χ1n) is 20.1. The number of nitrogens with zero attached hydrogens (tertiary/aromatic N) is 2. The van der Waals surface area contributed by atoms with Gasteiger partial charge in [0.1, 0.15) is 0 Å². The van der Waals surface area contributed by atoms with E-state index in [-0.39, 0.29) is 0 Å². The molecule has 3 aromatic rings. The van der Waals surface area contributed by atoms with Crippen LogP contribution in [0.2, 0.25) is 0 Å². The van der Waals surface area contributed by atoms with E-state index in [9.17, 15) is 0 Å². The van der Waals surface area contributed by atoms with Crippen molar-refractivity contribution in [3.8, 4) is 22.3 Å². The summed E-state index contributed by atoms with van der Waals surface area (Å²) in [6.07, 6.45) is 40.9. The molecule has 2 heteroatoms. The Kier molecular flexibility index (Phi) is 14.4. The molecule has 0 N–H and O–H groups in total. The second-order valence-electron chi connectivity index (χ2n) is 14.5. The van der Waals surface area contributed by atoms with Crippen LogP contribution in [0, 0.1) is 0 Å². The highest BCUT2D eigenvalue weighted by atomic mass is 14.7. The first-order valence-corrected chi connectivity index (χ1v) is 20.1. The van der Waals surface area contributed by atoms with E-state index in [2.05, 4.69) is 153 Å². The summed E-state index contributed by atoms with van der Waals surface area (Å²) in [6.45, 7) is 6.37. The minimum Gasteiger partial charge on any atom is -0.293 e. The van der Waals surface area contributed by atoms with Crippen molar-refractivity contribution in [1.29, 1.82) is 0 Å². The fraction of sp³-hybridized carbons (Fsp3) is 0.269. The second kappa shape index (κ2) is 20.2. The van der Waals surface area contributed by atoms with E-state index >= 15 is 0 Å². The number of rotatable bonds is 13. The number of allylic oxidation sites excluding steroid dienone is 16. The number of hydrogen-bond donors (Lipinski definition) is 0. The van der Waals surface area contributed by atoms with Gasteiger partial charge in [0, 0.05) is 36.9 Å². The highest BCUT2D eigenvalue weighted by molar-refractivity contribution is 6.03. The van der Waals surface area contributed by atoms with Gasteiger partial charge in [0.25, 0.3) is 0 Å². The first-order chi connectivity index (χ1) is 26.6. The molecule has 54 heavy (non-hydrogen) atoms. The van der Waals surface area contributed by atoms with Crippen LogP contribution in [0.4, 0.5) is 0 Å². The maximum atomic E-state index is 5.07. The second-order valence-corrected chi connectivity index (χ2v) is 14.5. The summed E-state index contributed by atoms with van der Waals surface area (Å²) < 4.78 is 0. The minimum atomic E-state index is 0.398. The summed E-state index contributed by atoms with van der Waals surface area (Å²) in [5.74, 6) is 0.398. The zero-order chi connectivity index (χ0) is 37.4. The molecule has 6 rings (SSSR count). The average molecular weight is 709 g/mol. The Morgan fingerprint density at radius 2 is 1.67 bits per heavy atom. The average Bonchev–Trinajstić information content (AvgIpc) is 3.68. The lowest BCUT2D eigenvalue weighted by molar-refractivity contribution is 0.694. The van der Waals surface area contributed by atoms with Crippen LogP contribution in [-0.4, -0.2) is 19.0 Å². The van der Waals surface area contributed by atoms with Crippen molar-refractivity contribution in [3.05, 3.63) is 186 Å². The number of hydrogen-bond acceptors (Lipinski definition) is 2. The van der Waals surface area contributed by atoms with Crippen molar-refractivity contribution in [2.75, 3.05) is 7.05 Å². The van der Waals surface area contributed by atoms with Gasteiger partial charge in [0.05, 0.1) is 5.70 Å². The molecular weight excluding hydrogens is 653 g/mol. The monoisotopic (exact) mass is 708 g/mol. The van der Waals surface area contributed by atoms with Crippen LogP contribution in [-0.2, 0) is 0 Å². The zero-order valence-corrected chi connectivity index (χ0v) is 32.4. The van der Waals surface area contributed by atoms with Crippen LogP contribution in [0.25, 0.3) is 28.0 Å². The van der Waals surface area contributed by atoms with Crippen LogP contribution in [0.1, 0.15) is 94.6 Å². The summed E-state index contributed by atoms with van der Waals surface area (Å²) in [5, 5.41) is 0. The number of aliphatic imine (C=N–C) groups is 2. The third kappa shape index (κ3) is 10.6. The lowest BCUT2D eigenvalue weighted by atomic mass is 9.83. The molecule has 3 aromatic carbocycles. The van der Waals surface area contributed by atoms with Crippen molar-refractivity contribution in [2.24, 2.45) is 9.98 Å². The van der Waals surface area contributed by atoms with Crippen LogP contribution >= 0.6 is 0 Å². The summed E-state index contributed by atoms with van der Waals surface area (Å²) in [6, 6.07) is 26.9. The summed E-state index contributed by atoms with van der Waals surface area (Å²) in [7, 11) is 1.87. The van der Waals surface area contributed by atoms with Gasteiger partial charge in [-0.15, -0.1) is 0 Å². The molecule has 3 aliphatic rings. The fourth-order valence-corrected chi connectivity index (χ4v) is 7.61. The van der Waals surface area contributed by atoms with Crippen LogP contribution in [0.5, 0.6) is 0 Å². The van der Waals surface area contributed by atoms with Crippen molar-refractivity contribution in [1.82, 2.24) is 0 Å². The molecule has 0 aromatic heterocycles. The third-order valence-corrected chi connectivity index (χ3v) is 10.8. The first kappa shape index (κ1) is 38.4. The molecule has 0 heterocycles. The Morgan fingerprint density at radius 3 is 2.46 bits per heavy atom. The van der Waals surface area contributed by atoms with Gasteiger partial charge in [0.15, 0.2) is 0 Å². The molecule has 0 radical (unpaired) electrons. The molecule has 2 nitrogen and oxygen atoms in total. The molecule has 0 amide bonds. The highest BCUT2D eigenvalue weighted by Gasteiger charge is 2.18. The molecule has 1 unspecified atom stereocenters. The Hall–Kier alpha value is -5.34. The van der Waals surface area contributed by atoms with E-state index in [1.807, 2.05) is 19.3 Å². The molecule has 0 aliphatic heterocycles. The van der Waals surface area contributed by atoms with Crippen molar-refractivity contribution in [3.63, 3.8) is 0 Å². The topological polar surface area (TPSA) is 24.7 Å². The van der Waals surface area contributed by atoms with E-state index in [1.165, 1.54) is 71.1 Å². The van der Waals surface area contributed by atoms with Crippen LogP contribution in [0.3, 0.4) is 0 Å². The van der Waals surface area contributed by atoms with Gasteiger partial charge < -0.3 is 0 Å². The van der Waals surface area contributed by atoms with Gasteiger partial charge in [-0.3, -0.25) is 9.98 Å². The molecule has 3 aliphatic carbocycles. The molecule has 1 atom stereocenters. The maximum Gasteiger partial charge on any atom is 0.0720 e. The SMILES string of the molecule is C=C/C=C(\C=C/CC(/C=C(\N=C\C1=CCCC=C1)c1ccc(-c2ccc(C(C)C3=CCCCCC3)c(-c3ccccc3)c2)cc1)=N/C)C1=CC=CCCC1. The molecular formula is C52H56N2. The lowest BCUT2D eigenvalue weighted by Crippen LogP contribution is -2.01. The van der Waals surface area contributed by atoms with Crippen molar-refractivity contribution in [2.45, 2.75) is 83.5 Å². The van der Waals surface area contributed by atoms with Gasteiger partial charge >= 0.3 is 0 Å². The van der Waals surface area contributed by atoms with Gasteiger partial charge in [-0.1, -0.05) is 159 Å². The predicted molar refractivity (Wildman–Crippen MR) is 236 cm³/mol. The van der Waals surface area contributed by atoms with E-state index in [0.29, 0.717) is 12.3 Å². The molecule has 0 spiro atoms. The maximum absolute atomic E-state index is 5.07. The smallest absolute Gasteiger partial charge is 0.0720 e. The molecule has 274 valence electrons. The molecule has 0 saturated carbocycles. The van der Waals surface area contributed by atoms with Gasteiger partial charge in [-0.05, 0) is 114 Å². The third-order valence-electron chi connectivity index (χ3n) is 10.8. The van der Waals surface area contributed by atoms with Gasteiger partial charge in [-0.25, -0.2) is 0 Å². The number of benzene rings is 3. The molecule has 0 bridgehead atoms. The van der Waals surface area contributed by atoms with E-state index in [4.69, 9.17) is 9.98 Å². The minimum absolute atomic E-state index is 0.398. The Labute approximate surface area is 325 Å². The quantitative estimate of drug-likeness (QED) is 0.0959. The highest BCUT2D eigenvalue weighted by Crippen LogP contribution is 2.39. The summed E-state index contributed by atoms with van der Waals surface area (Å²) >= 11 is 0. The van der Waals surface area contributed by atoms with Gasteiger partial charge in [0.2, 0.25) is 0 Å². The van der Waals surface area contributed by atoms with E-state index in [0.717, 1.165) is 54.6 Å². The molecule has 0 fully saturated rings. The molecule has 0 saturated heterocycles. The standard InChI is InChI=1S/C52H56N2/c1-4-20-43(44-25-15-7-8-16-26-44)29-19-30-49(53-3)38-52(54-39-41-21-11-9-12-22-41)47-33-31-45(32-34-47)48-35-36-50(40(2)42-23-13-5-6-14-24-42)51(37-48)46-27-17-10-18-28-46/h4,7,10-11,15,17-23,25,27-29,31-40H,1,5-6,8-9,12-14,16,24,26,30H2,2-3H3/b29-19-,43-20+,52-38-,53-49-,54-39+. The van der Waals surface area contributed by atoms with Crippen molar-refractivity contribution < 1.29 is 0 Å². The lowest BCUT2D eigenvalue weighted by Gasteiger charge is -2.21. The predicted octanol–water partition coefficient (Wildman–Crippen LogP) is 14.5. The largest absolute Gasteiger partial charge is 0.293 e. The van der Waals surface area contributed by atoms with Crippen LogP contribution < -0.4 is 0 Å². The Bertz CT molecular complexity index is 2050. The summed E-state index contributed by atoms with van der Waals surface area (Å²) in [5.41, 5.74) is 14.7. The Morgan fingerprint density at radius 1 is 0.815 bits per heavy atom. The van der Waals surface area contributed by atoms with E-state index in [1.54, 1.807) is 5.57 Å². The van der Waals surface area contributed by atoms with Crippen molar-refractivity contribution >= 4 is 17.6 Å². The van der Waals surface area contributed by atoms with E-state index < -0.39 is 0 Å². The van der Waals surface area contributed by atoms with Crippen LogP contribution in [0.15, 0.2) is 185 Å². The fourth-order valence-electron chi connectivity index (χ4n) is 7.61. The zero-order valence-electron chi connectivity index (χ0n) is 32.4. The van der Waals surface area contributed by atoms with Gasteiger partial charge in [-0.2, -0.15) is 0 Å². The Balaban J connectivity index is 1.29.